The first-order valence-corrected chi connectivity index (χ1v) is 8.53. The summed E-state index contributed by atoms with van der Waals surface area (Å²) >= 11 is 0. The highest BCUT2D eigenvalue weighted by Crippen LogP contribution is 2.63. The van der Waals surface area contributed by atoms with E-state index in [1.807, 2.05) is 0 Å². The molecule has 1 aliphatic heterocycles. The molecular formula is C18H26N2O3. The molecule has 0 bridgehead atoms. The van der Waals surface area contributed by atoms with Crippen molar-refractivity contribution in [3.05, 3.63) is 0 Å². The molecule has 0 spiro atoms. The molecule has 0 amide bonds. The second-order valence-electron chi connectivity index (χ2n) is 8.15. The smallest absolute Gasteiger partial charge is 0.302 e. The van der Waals surface area contributed by atoms with Gasteiger partial charge in [0.05, 0.1) is 18.0 Å². The van der Waals surface area contributed by atoms with Crippen molar-refractivity contribution in [2.24, 2.45) is 35.0 Å². The number of carbonyl (C=O) groups excluding carboxylic acids is 2. The first-order valence-electron chi connectivity index (χ1n) is 8.53. The molecule has 0 aromatic carbocycles. The van der Waals surface area contributed by atoms with E-state index in [-0.39, 0.29) is 58.9 Å². The van der Waals surface area contributed by atoms with Crippen molar-refractivity contribution in [3.63, 3.8) is 0 Å². The Morgan fingerprint density at radius 1 is 1.48 bits per heavy atom. The molecular weight excluding hydrogens is 292 g/mol. The van der Waals surface area contributed by atoms with Crippen LogP contribution in [0.3, 0.4) is 0 Å². The number of esters is 1. The molecule has 0 N–H and O–H groups in total. The lowest BCUT2D eigenvalue weighted by Gasteiger charge is -2.53. The summed E-state index contributed by atoms with van der Waals surface area (Å²) < 4.78 is 5.76. The van der Waals surface area contributed by atoms with Crippen LogP contribution in [0.15, 0.2) is 0 Å². The maximum absolute atomic E-state index is 12.7. The predicted octanol–water partition coefficient (Wildman–Crippen LogP) is 1.87. The maximum Gasteiger partial charge on any atom is 0.302 e. The van der Waals surface area contributed by atoms with Crippen LogP contribution in [0.2, 0.25) is 0 Å². The van der Waals surface area contributed by atoms with E-state index in [0.717, 1.165) is 6.54 Å². The molecule has 3 fully saturated rings. The van der Waals surface area contributed by atoms with Gasteiger partial charge in [-0.15, -0.1) is 0 Å². The highest BCUT2D eigenvalue weighted by atomic mass is 16.5. The standard InChI is InChI=1S/C18H26N2O3/c1-9(2)14-12(7-19)15-13(22)6-11-8-20(5)17(18(11,15)4)16(14)23-10(3)21/h9,11-12,14-17H,6,8H2,1-5H3/t11-,12-,14+,15-,16-,17-,18+/m1/s1. The molecule has 3 rings (SSSR count). The second kappa shape index (κ2) is 5.31. The lowest BCUT2D eigenvalue weighted by atomic mass is 9.54. The Labute approximate surface area is 138 Å². The number of likely N-dealkylation sites (N-methyl/N-ethyl adjacent to an activating group) is 1. The summed E-state index contributed by atoms with van der Waals surface area (Å²) in [6.07, 6.45) is 0.233. The molecule has 3 aliphatic rings. The molecule has 0 aromatic heterocycles. The zero-order valence-corrected chi connectivity index (χ0v) is 14.6. The van der Waals surface area contributed by atoms with E-state index in [9.17, 15) is 14.9 Å². The first kappa shape index (κ1) is 16.4. The Morgan fingerprint density at radius 3 is 2.65 bits per heavy atom. The van der Waals surface area contributed by atoms with Crippen molar-refractivity contribution in [1.29, 1.82) is 5.26 Å². The fraction of sp³-hybridized carbons (Fsp3) is 0.833. The zero-order chi connectivity index (χ0) is 17.1. The monoisotopic (exact) mass is 318 g/mol. The molecule has 5 nitrogen and oxygen atoms in total. The van der Waals surface area contributed by atoms with Crippen LogP contribution in [0, 0.1) is 46.3 Å². The Bertz CT molecular complexity index is 581. The minimum absolute atomic E-state index is 0.0184. The third kappa shape index (κ3) is 2.07. The Balaban J connectivity index is 2.14. The fourth-order valence-electron chi connectivity index (χ4n) is 5.93. The minimum atomic E-state index is -0.371. The van der Waals surface area contributed by atoms with Crippen molar-refractivity contribution in [2.45, 2.75) is 46.3 Å². The van der Waals surface area contributed by atoms with E-state index >= 15 is 0 Å². The average molecular weight is 318 g/mol. The zero-order valence-electron chi connectivity index (χ0n) is 14.6. The number of ketones is 1. The molecule has 2 saturated carbocycles. The van der Waals surface area contributed by atoms with Crippen LogP contribution in [0.4, 0.5) is 0 Å². The average Bonchev–Trinajstić information content (AvgIpc) is 2.81. The summed E-state index contributed by atoms with van der Waals surface area (Å²) in [6.45, 7) is 8.52. The van der Waals surface area contributed by atoms with Gasteiger partial charge in [0.25, 0.3) is 0 Å². The molecule has 1 heterocycles. The first-order chi connectivity index (χ1) is 10.7. The third-order valence-electron chi connectivity index (χ3n) is 6.65. The van der Waals surface area contributed by atoms with Gasteiger partial charge in [-0.05, 0) is 18.9 Å². The maximum atomic E-state index is 12.7. The summed E-state index contributed by atoms with van der Waals surface area (Å²) in [7, 11) is 2.05. The predicted molar refractivity (Wildman–Crippen MR) is 84.1 cm³/mol. The number of nitrogens with zero attached hydrogens (tertiary/aromatic N) is 2. The van der Waals surface area contributed by atoms with Gasteiger partial charge in [-0.3, -0.25) is 14.5 Å². The van der Waals surface area contributed by atoms with Gasteiger partial charge in [-0.1, -0.05) is 20.8 Å². The summed E-state index contributed by atoms with van der Waals surface area (Å²) in [6, 6.07) is 2.44. The van der Waals surface area contributed by atoms with Crippen LogP contribution >= 0.6 is 0 Å². The third-order valence-corrected chi connectivity index (χ3v) is 6.65. The van der Waals surface area contributed by atoms with Gasteiger partial charge in [-0.2, -0.15) is 5.26 Å². The Morgan fingerprint density at radius 2 is 2.13 bits per heavy atom. The van der Waals surface area contributed by atoms with E-state index in [4.69, 9.17) is 4.74 Å². The summed E-state index contributed by atoms with van der Waals surface area (Å²) in [5.74, 6) is -0.340. The van der Waals surface area contributed by atoms with Crippen LogP contribution in [0.5, 0.6) is 0 Å². The van der Waals surface area contributed by atoms with Gasteiger partial charge in [0.15, 0.2) is 0 Å². The van der Waals surface area contributed by atoms with E-state index in [0.29, 0.717) is 6.42 Å². The number of Topliss-reactive ketones (excluding diaryl/α,β-unsaturated/α-hetero) is 1. The second-order valence-corrected chi connectivity index (χ2v) is 8.15. The van der Waals surface area contributed by atoms with Gasteiger partial charge in [0.1, 0.15) is 11.9 Å². The van der Waals surface area contributed by atoms with Gasteiger partial charge in [0, 0.05) is 37.1 Å². The van der Waals surface area contributed by atoms with Gasteiger partial charge >= 0.3 is 5.97 Å². The fourth-order valence-corrected chi connectivity index (χ4v) is 5.93. The van der Waals surface area contributed by atoms with Crippen LogP contribution in [0.1, 0.15) is 34.1 Å². The summed E-state index contributed by atoms with van der Waals surface area (Å²) in [5.41, 5.74) is -0.266. The van der Waals surface area contributed by atoms with Crippen LogP contribution in [-0.2, 0) is 14.3 Å². The lowest BCUT2D eigenvalue weighted by molar-refractivity contribution is -0.171. The van der Waals surface area contributed by atoms with Gasteiger partial charge in [0.2, 0.25) is 0 Å². The summed E-state index contributed by atoms with van der Waals surface area (Å²) in [4.78, 5) is 26.7. The number of hydrogen-bond donors (Lipinski definition) is 0. The largest absolute Gasteiger partial charge is 0.461 e. The Kier molecular flexibility index (Phi) is 3.79. The number of likely N-dealkylation sites (tertiary alicyclic amines) is 1. The van der Waals surface area contributed by atoms with E-state index in [2.05, 4.69) is 38.8 Å². The van der Waals surface area contributed by atoms with Gasteiger partial charge < -0.3 is 4.74 Å². The molecule has 0 radical (unpaired) electrons. The van der Waals surface area contributed by atoms with Crippen LogP contribution < -0.4 is 0 Å². The van der Waals surface area contributed by atoms with E-state index < -0.39 is 0 Å². The van der Waals surface area contributed by atoms with Crippen molar-refractivity contribution in [3.8, 4) is 6.07 Å². The number of nitriles is 1. The van der Waals surface area contributed by atoms with Crippen molar-refractivity contribution < 1.29 is 14.3 Å². The minimum Gasteiger partial charge on any atom is -0.461 e. The van der Waals surface area contributed by atoms with Crippen molar-refractivity contribution >= 4 is 11.8 Å². The topological polar surface area (TPSA) is 70.4 Å². The Hall–Kier alpha value is -1.41. The quantitative estimate of drug-likeness (QED) is 0.727. The molecule has 1 saturated heterocycles. The SMILES string of the molecule is CC(=O)O[C@@H]1[C@@H](C(C)C)[C@@H](C#N)[C@@H]2C(=O)C[C@@H]3CN(C)[C@H]1[C@@]32C. The lowest BCUT2D eigenvalue weighted by Crippen LogP contribution is -2.62. The van der Waals surface area contributed by atoms with Crippen LogP contribution in [0.25, 0.3) is 0 Å². The van der Waals surface area contributed by atoms with Gasteiger partial charge in [-0.25, -0.2) is 0 Å². The number of carbonyl (C=O) groups is 2. The van der Waals surface area contributed by atoms with E-state index in [1.165, 1.54) is 6.92 Å². The van der Waals surface area contributed by atoms with Crippen molar-refractivity contribution in [1.82, 2.24) is 4.90 Å². The van der Waals surface area contributed by atoms with Crippen LogP contribution in [-0.4, -0.2) is 42.4 Å². The van der Waals surface area contributed by atoms with E-state index in [1.54, 1.807) is 0 Å². The number of hydrogen-bond acceptors (Lipinski definition) is 5. The summed E-state index contributed by atoms with van der Waals surface area (Å²) in [5, 5.41) is 9.84. The molecule has 7 atom stereocenters. The highest BCUT2D eigenvalue weighted by Gasteiger charge is 2.70. The normalized spacial score (nSPS) is 45.9. The number of rotatable bonds is 2. The highest BCUT2D eigenvalue weighted by molar-refractivity contribution is 5.86. The van der Waals surface area contributed by atoms with Crippen molar-refractivity contribution in [2.75, 3.05) is 13.6 Å². The molecule has 126 valence electrons. The molecule has 23 heavy (non-hydrogen) atoms. The molecule has 5 heteroatoms. The number of ether oxygens (including phenoxy) is 1. The molecule has 0 unspecified atom stereocenters. The molecule has 2 aliphatic carbocycles. The molecule has 0 aromatic rings.